The van der Waals surface area contributed by atoms with Gasteiger partial charge < -0.3 is 20.9 Å². The van der Waals surface area contributed by atoms with Crippen molar-refractivity contribution in [3.63, 3.8) is 0 Å². The number of amides is 2. The van der Waals surface area contributed by atoms with Gasteiger partial charge >= 0.3 is 6.03 Å². The molecule has 25 heavy (non-hydrogen) atoms. The molecule has 0 saturated carbocycles. The van der Waals surface area contributed by atoms with Gasteiger partial charge in [0, 0.05) is 50.8 Å². The third-order valence-corrected chi connectivity index (χ3v) is 3.97. The van der Waals surface area contributed by atoms with Crippen LogP contribution in [-0.2, 0) is 0 Å². The molecule has 1 atom stereocenters. The zero-order valence-electron chi connectivity index (χ0n) is 14.1. The average Bonchev–Trinajstić information content (AvgIpc) is 2.67. The lowest BCUT2D eigenvalue weighted by molar-refractivity contribution is 0.235. The number of urea groups is 1. The molecule has 1 aliphatic rings. The molecule has 8 nitrogen and oxygen atoms in total. The Bertz CT molecular complexity index is 653. The third kappa shape index (κ3) is 5.30. The molecule has 1 fully saturated rings. The van der Waals surface area contributed by atoms with Crippen LogP contribution in [0.25, 0.3) is 0 Å². The number of hydrogen-bond donors (Lipinski definition) is 3. The van der Waals surface area contributed by atoms with Gasteiger partial charge in [-0.3, -0.25) is 0 Å². The molecule has 3 rings (SSSR count). The van der Waals surface area contributed by atoms with Crippen molar-refractivity contribution in [3.05, 3.63) is 42.9 Å². The van der Waals surface area contributed by atoms with Crippen molar-refractivity contribution < 1.29 is 4.79 Å². The van der Waals surface area contributed by atoms with E-state index in [-0.39, 0.29) is 12.1 Å². The van der Waals surface area contributed by atoms with E-state index in [1.165, 1.54) is 0 Å². The minimum Gasteiger partial charge on any atom is -0.368 e. The molecule has 0 aliphatic carbocycles. The highest BCUT2D eigenvalue weighted by molar-refractivity contribution is 5.74. The second-order valence-corrected chi connectivity index (χ2v) is 5.88. The number of carbonyl (C=O) groups is 1. The maximum atomic E-state index is 12.1. The number of piperidine rings is 1. The Labute approximate surface area is 147 Å². The van der Waals surface area contributed by atoms with Gasteiger partial charge in [0.05, 0.1) is 0 Å². The molecule has 2 aromatic rings. The topological polar surface area (TPSA) is 95.1 Å². The molecule has 0 spiro atoms. The minimum atomic E-state index is -0.149. The standard InChI is InChI=1S/C17H23N7O/c25-17(22-11-10-19-15-6-1-2-7-18-15)23-14-5-3-12-24(13-14)16-20-8-4-9-21-16/h1-2,4,6-9,14H,3,5,10-13H2,(H,18,19)(H2,22,23,25)/t14-/m1/s1. The number of anilines is 2. The Kier molecular flexibility index (Phi) is 5.97. The largest absolute Gasteiger partial charge is 0.368 e. The fourth-order valence-corrected chi connectivity index (χ4v) is 2.80. The molecule has 0 aromatic carbocycles. The van der Waals surface area contributed by atoms with Gasteiger partial charge in [0.1, 0.15) is 5.82 Å². The van der Waals surface area contributed by atoms with E-state index < -0.39 is 0 Å². The van der Waals surface area contributed by atoms with E-state index in [0.29, 0.717) is 19.0 Å². The Hall–Kier alpha value is -2.90. The molecule has 132 valence electrons. The van der Waals surface area contributed by atoms with Gasteiger partial charge in [-0.05, 0) is 31.0 Å². The van der Waals surface area contributed by atoms with Crippen LogP contribution in [0.5, 0.6) is 0 Å². The molecule has 1 saturated heterocycles. The van der Waals surface area contributed by atoms with Gasteiger partial charge in [0.15, 0.2) is 0 Å². The Morgan fingerprint density at radius 3 is 2.76 bits per heavy atom. The normalized spacial score (nSPS) is 17.0. The zero-order valence-corrected chi connectivity index (χ0v) is 14.1. The van der Waals surface area contributed by atoms with Gasteiger partial charge in [-0.2, -0.15) is 0 Å². The van der Waals surface area contributed by atoms with E-state index in [9.17, 15) is 4.79 Å². The Balaban J connectivity index is 1.37. The highest BCUT2D eigenvalue weighted by Crippen LogP contribution is 2.15. The smallest absolute Gasteiger partial charge is 0.315 e. The molecular weight excluding hydrogens is 318 g/mol. The van der Waals surface area contributed by atoms with Gasteiger partial charge in [-0.25, -0.2) is 19.7 Å². The van der Waals surface area contributed by atoms with Gasteiger partial charge in [-0.1, -0.05) is 6.07 Å². The molecule has 2 amide bonds. The fraction of sp³-hybridized carbons (Fsp3) is 0.412. The van der Waals surface area contributed by atoms with Crippen LogP contribution >= 0.6 is 0 Å². The highest BCUT2D eigenvalue weighted by atomic mass is 16.2. The molecule has 1 aliphatic heterocycles. The first-order chi connectivity index (χ1) is 12.3. The second kappa shape index (κ2) is 8.81. The third-order valence-electron chi connectivity index (χ3n) is 3.97. The van der Waals surface area contributed by atoms with Crippen LogP contribution < -0.4 is 20.9 Å². The number of aromatic nitrogens is 3. The number of rotatable bonds is 6. The number of nitrogens with zero attached hydrogens (tertiary/aromatic N) is 4. The van der Waals surface area contributed by atoms with Crippen LogP contribution in [0.15, 0.2) is 42.9 Å². The lowest BCUT2D eigenvalue weighted by atomic mass is 10.1. The molecular formula is C17H23N7O. The molecule has 3 heterocycles. The van der Waals surface area contributed by atoms with Crippen LogP contribution in [-0.4, -0.2) is 53.2 Å². The number of pyridine rings is 1. The lowest BCUT2D eigenvalue weighted by Crippen LogP contribution is -2.51. The number of carbonyl (C=O) groups excluding carboxylic acids is 1. The van der Waals surface area contributed by atoms with Crippen molar-refractivity contribution in [2.45, 2.75) is 18.9 Å². The molecule has 3 N–H and O–H groups in total. The first-order valence-electron chi connectivity index (χ1n) is 8.52. The zero-order chi connectivity index (χ0) is 17.3. The second-order valence-electron chi connectivity index (χ2n) is 5.88. The SMILES string of the molecule is O=C(NCCNc1ccccn1)N[C@@H]1CCCN(c2ncccn2)C1. The van der Waals surface area contributed by atoms with Gasteiger partial charge in [0.25, 0.3) is 0 Å². The summed E-state index contributed by atoms with van der Waals surface area (Å²) in [5, 5.41) is 9.05. The summed E-state index contributed by atoms with van der Waals surface area (Å²) in [6.07, 6.45) is 7.17. The minimum absolute atomic E-state index is 0.0984. The molecule has 0 bridgehead atoms. The molecule has 0 radical (unpaired) electrons. The summed E-state index contributed by atoms with van der Waals surface area (Å²) < 4.78 is 0. The maximum Gasteiger partial charge on any atom is 0.315 e. The van der Waals surface area contributed by atoms with Gasteiger partial charge in [0.2, 0.25) is 5.95 Å². The fourth-order valence-electron chi connectivity index (χ4n) is 2.80. The summed E-state index contributed by atoms with van der Waals surface area (Å²) in [7, 11) is 0. The molecule has 0 unspecified atom stereocenters. The first kappa shape index (κ1) is 16.9. The molecule has 8 heteroatoms. The van der Waals surface area contributed by atoms with E-state index in [0.717, 1.165) is 31.7 Å². The monoisotopic (exact) mass is 341 g/mol. The summed E-state index contributed by atoms with van der Waals surface area (Å²) in [4.78, 5) is 26.9. The summed E-state index contributed by atoms with van der Waals surface area (Å²) in [6, 6.07) is 7.42. The van der Waals surface area contributed by atoms with Crippen LogP contribution in [0, 0.1) is 0 Å². The predicted molar refractivity (Wildman–Crippen MR) is 96.5 cm³/mol. The van der Waals surface area contributed by atoms with E-state index in [2.05, 4.69) is 35.8 Å². The van der Waals surface area contributed by atoms with Crippen LogP contribution in [0.2, 0.25) is 0 Å². The summed E-state index contributed by atoms with van der Waals surface area (Å²) in [5.41, 5.74) is 0. The number of hydrogen-bond acceptors (Lipinski definition) is 6. The average molecular weight is 341 g/mol. The van der Waals surface area contributed by atoms with Crippen molar-refractivity contribution in [1.29, 1.82) is 0 Å². The van der Waals surface area contributed by atoms with Crippen molar-refractivity contribution in [3.8, 4) is 0 Å². The highest BCUT2D eigenvalue weighted by Gasteiger charge is 2.22. The van der Waals surface area contributed by atoms with Crippen LogP contribution in [0.1, 0.15) is 12.8 Å². The first-order valence-corrected chi connectivity index (χ1v) is 8.52. The van der Waals surface area contributed by atoms with E-state index in [1.807, 2.05) is 18.2 Å². The van der Waals surface area contributed by atoms with Gasteiger partial charge in [-0.15, -0.1) is 0 Å². The van der Waals surface area contributed by atoms with Crippen LogP contribution in [0.3, 0.4) is 0 Å². The van der Waals surface area contributed by atoms with Crippen molar-refractivity contribution in [2.75, 3.05) is 36.4 Å². The maximum absolute atomic E-state index is 12.1. The van der Waals surface area contributed by atoms with Crippen molar-refractivity contribution in [2.24, 2.45) is 0 Å². The predicted octanol–water partition coefficient (Wildman–Crippen LogP) is 1.25. The summed E-state index contributed by atoms with van der Waals surface area (Å²) >= 11 is 0. The van der Waals surface area contributed by atoms with Crippen LogP contribution in [0.4, 0.5) is 16.6 Å². The van der Waals surface area contributed by atoms with E-state index >= 15 is 0 Å². The summed E-state index contributed by atoms with van der Waals surface area (Å²) in [5.74, 6) is 1.52. The lowest BCUT2D eigenvalue weighted by Gasteiger charge is -2.33. The van der Waals surface area contributed by atoms with Crippen molar-refractivity contribution in [1.82, 2.24) is 25.6 Å². The van der Waals surface area contributed by atoms with E-state index in [4.69, 9.17) is 0 Å². The Morgan fingerprint density at radius 2 is 1.96 bits per heavy atom. The quantitative estimate of drug-likeness (QED) is 0.685. The summed E-state index contributed by atoms with van der Waals surface area (Å²) in [6.45, 7) is 2.79. The Morgan fingerprint density at radius 1 is 1.12 bits per heavy atom. The van der Waals surface area contributed by atoms with Crippen molar-refractivity contribution >= 4 is 17.8 Å². The van der Waals surface area contributed by atoms with E-state index in [1.54, 1.807) is 24.7 Å². The molecule has 2 aromatic heterocycles. The number of nitrogens with one attached hydrogen (secondary N) is 3.